The lowest BCUT2D eigenvalue weighted by Crippen LogP contribution is -2.43. The van der Waals surface area contributed by atoms with Crippen molar-refractivity contribution >= 4 is 17.7 Å². The molecule has 2 aliphatic carbocycles. The van der Waals surface area contributed by atoms with E-state index in [0.717, 1.165) is 23.1 Å². The Morgan fingerprint density at radius 3 is 2.64 bits per heavy atom. The molecule has 5 rings (SSSR count). The van der Waals surface area contributed by atoms with Gasteiger partial charge in [-0.1, -0.05) is 0 Å². The maximum atomic E-state index is 12.7. The monoisotopic (exact) mass is 318 g/mol. The average molecular weight is 318 g/mol. The molecule has 1 amide bonds. The molecule has 4 aliphatic rings. The Hall–Kier alpha value is -1.23. The van der Waals surface area contributed by atoms with E-state index in [0.29, 0.717) is 22.7 Å². The molecule has 0 aromatic carbocycles. The molecule has 0 spiro atoms. The molecular formula is C17H22N2O2S. The number of aromatic nitrogens is 1. The quantitative estimate of drug-likeness (QED) is 0.488. The van der Waals surface area contributed by atoms with Gasteiger partial charge >= 0.3 is 0 Å². The number of fused-ring (bicyclic) bond motifs is 1. The number of carbonyl (C=O) groups is 1. The molecule has 2 saturated carbocycles. The summed E-state index contributed by atoms with van der Waals surface area (Å²) in [5.41, 5.74) is 0. The van der Waals surface area contributed by atoms with Crippen molar-refractivity contribution in [3.63, 3.8) is 0 Å². The first-order chi connectivity index (χ1) is 10.7. The summed E-state index contributed by atoms with van der Waals surface area (Å²) in [6, 6.07) is 5.79. The summed E-state index contributed by atoms with van der Waals surface area (Å²) in [5, 5.41) is 12.3. The Morgan fingerprint density at radius 1 is 1.18 bits per heavy atom. The second-order valence-corrected chi connectivity index (χ2v) is 8.13. The van der Waals surface area contributed by atoms with Gasteiger partial charge in [-0.3, -0.25) is 4.79 Å². The molecule has 1 aromatic heterocycles. The van der Waals surface area contributed by atoms with E-state index in [9.17, 15) is 10.0 Å². The van der Waals surface area contributed by atoms with Gasteiger partial charge in [-0.05, 0) is 67.7 Å². The van der Waals surface area contributed by atoms with Gasteiger partial charge in [0.25, 0.3) is 5.03 Å². The number of nitrogens with zero attached hydrogens (tertiary/aromatic N) is 2. The Kier molecular flexibility index (Phi) is 3.76. The third-order valence-electron chi connectivity index (χ3n) is 5.56. The molecule has 4 nitrogen and oxygen atoms in total. The fraction of sp³-hybridized carbons (Fsp3) is 0.647. The van der Waals surface area contributed by atoms with Crippen molar-refractivity contribution < 1.29 is 9.52 Å². The summed E-state index contributed by atoms with van der Waals surface area (Å²) in [5.74, 6) is 3.01. The van der Waals surface area contributed by atoms with E-state index in [2.05, 4.69) is 4.90 Å². The van der Waals surface area contributed by atoms with Crippen LogP contribution in [0.4, 0.5) is 0 Å². The molecule has 1 aromatic rings. The van der Waals surface area contributed by atoms with Gasteiger partial charge in [0.2, 0.25) is 5.91 Å². The Labute approximate surface area is 135 Å². The summed E-state index contributed by atoms with van der Waals surface area (Å²) in [6.45, 7) is 0.948. The van der Waals surface area contributed by atoms with Gasteiger partial charge in [0, 0.05) is 24.7 Å². The van der Waals surface area contributed by atoms with E-state index in [1.807, 2.05) is 6.07 Å². The molecule has 118 valence electrons. The fourth-order valence-corrected chi connectivity index (χ4v) is 5.63. The van der Waals surface area contributed by atoms with E-state index in [1.165, 1.54) is 50.1 Å². The predicted octanol–water partition coefficient (Wildman–Crippen LogP) is 2.45. The Bertz CT molecular complexity index is 566. The molecule has 5 heteroatoms. The molecule has 22 heavy (non-hydrogen) atoms. The third-order valence-corrected chi connectivity index (χ3v) is 6.56. The second-order valence-electron chi connectivity index (χ2n) is 7.13. The largest absolute Gasteiger partial charge is 0.618 e. The third kappa shape index (κ3) is 2.71. The van der Waals surface area contributed by atoms with Crippen LogP contribution in [-0.4, -0.2) is 29.1 Å². The number of amides is 1. The molecule has 4 bridgehead atoms. The van der Waals surface area contributed by atoms with Crippen molar-refractivity contribution in [2.75, 3.05) is 12.3 Å². The van der Waals surface area contributed by atoms with Crippen LogP contribution >= 0.6 is 11.8 Å². The number of rotatable bonds is 3. The zero-order chi connectivity index (χ0) is 15.1. The van der Waals surface area contributed by atoms with Crippen molar-refractivity contribution in [3.05, 3.63) is 29.6 Å². The van der Waals surface area contributed by atoms with Gasteiger partial charge in [0.15, 0.2) is 6.20 Å². The number of hydrogen-bond donors (Lipinski definition) is 0. The smallest absolute Gasteiger partial charge is 0.251 e. The summed E-state index contributed by atoms with van der Waals surface area (Å²) >= 11 is 1.36. The minimum Gasteiger partial charge on any atom is -0.618 e. The maximum Gasteiger partial charge on any atom is 0.251 e. The molecule has 0 N–H and O–H groups in total. The highest BCUT2D eigenvalue weighted by Crippen LogP contribution is 2.47. The van der Waals surface area contributed by atoms with Gasteiger partial charge in [0.1, 0.15) is 0 Å². The summed E-state index contributed by atoms with van der Waals surface area (Å²) in [6.07, 6.45) is 7.93. The molecule has 2 saturated heterocycles. The van der Waals surface area contributed by atoms with E-state index in [1.54, 1.807) is 12.1 Å². The highest BCUT2D eigenvalue weighted by Gasteiger charge is 2.43. The first kappa shape index (κ1) is 14.4. The first-order valence-electron chi connectivity index (χ1n) is 8.29. The Balaban J connectivity index is 1.43. The van der Waals surface area contributed by atoms with E-state index in [-0.39, 0.29) is 5.91 Å². The van der Waals surface area contributed by atoms with Crippen LogP contribution in [0.3, 0.4) is 0 Å². The van der Waals surface area contributed by atoms with Crippen LogP contribution in [0.15, 0.2) is 29.4 Å². The van der Waals surface area contributed by atoms with Crippen molar-refractivity contribution in [3.8, 4) is 0 Å². The lowest BCUT2D eigenvalue weighted by molar-refractivity contribution is -0.645. The van der Waals surface area contributed by atoms with Crippen LogP contribution in [0.1, 0.15) is 32.1 Å². The normalized spacial score (nSPS) is 33.0. The van der Waals surface area contributed by atoms with Gasteiger partial charge < -0.3 is 10.1 Å². The fourth-order valence-electron chi connectivity index (χ4n) is 4.83. The second kappa shape index (κ2) is 5.76. The van der Waals surface area contributed by atoms with Crippen molar-refractivity contribution in [2.24, 2.45) is 17.8 Å². The number of carbonyl (C=O) groups excluding carboxylic acids is 1. The van der Waals surface area contributed by atoms with Gasteiger partial charge in [-0.2, -0.15) is 4.73 Å². The Morgan fingerprint density at radius 2 is 1.91 bits per heavy atom. The summed E-state index contributed by atoms with van der Waals surface area (Å²) in [7, 11) is 0. The van der Waals surface area contributed by atoms with E-state index >= 15 is 0 Å². The minimum atomic E-state index is 0.215. The summed E-state index contributed by atoms with van der Waals surface area (Å²) in [4.78, 5) is 14.8. The van der Waals surface area contributed by atoms with E-state index < -0.39 is 0 Å². The van der Waals surface area contributed by atoms with Crippen molar-refractivity contribution in [2.45, 2.75) is 43.2 Å². The highest BCUT2D eigenvalue weighted by molar-refractivity contribution is 7.99. The molecular weight excluding hydrogens is 296 g/mol. The minimum absolute atomic E-state index is 0.215. The molecule has 3 heterocycles. The topological polar surface area (TPSA) is 47.2 Å². The average Bonchev–Trinajstić information content (AvgIpc) is 2.70. The molecule has 4 fully saturated rings. The van der Waals surface area contributed by atoms with Gasteiger partial charge in [-0.15, -0.1) is 0 Å². The van der Waals surface area contributed by atoms with Crippen LogP contribution in [-0.2, 0) is 4.79 Å². The zero-order valence-corrected chi connectivity index (χ0v) is 13.5. The number of thioether (sulfide) groups is 1. The first-order valence-corrected chi connectivity index (χ1v) is 9.28. The van der Waals surface area contributed by atoms with E-state index in [4.69, 9.17) is 0 Å². The predicted molar refractivity (Wildman–Crippen MR) is 85.2 cm³/mol. The molecule has 2 unspecified atom stereocenters. The lowest BCUT2D eigenvalue weighted by Gasteiger charge is -2.38. The van der Waals surface area contributed by atoms with Crippen molar-refractivity contribution in [1.29, 1.82) is 0 Å². The molecule has 4 atom stereocenters. The maximum absolute atomic E-state index is 12.7. The molecule has 0 radical (unpaired) electrons. The van der Waals surface area contributed by atoms with Crippen LogP contribution in [0.2, 0.25) is 0 Å². The SMILES string of the molecule is O=C(CSc1cccc[n+]1[O-])N1CC2C[C@@H]3CC1C[C@H](C2)C3. The molecule has 2 aliphatic heterocycles. The lowest BCUT2D eigenvalue weighted by atomic mass is 9.68. The van der Waals surface area contributed by atoms with Crippen LogP contribution < -0.4 is 4.73 Å². The van der Waals surface area contributed by atoms with Crippen LogP contribution in [0, 0.1) is 23.0 Å². The van der Waals surface area contributed by atoms with Crippen LogP contribution in [0.5, 0.6) is 0 Å². The number of pyridine rings is 1. The van der Waals surface area contributed by atoms with Gasteiger partial charge in [0.05, 0.1) is 5.75 Å². The van der Waals surface area contributed by atoms with Crippen LogP contribution in [0.25, 0.3) is 0 Å². The van der Waals surface area contributed by atoms with Crippen molar-refractivity contribution in [1.82, 2.24) is 4.90 Å². The highest BCUT2D eigenvalue weighted by atomic mass is 32.2. The van der Waals surface area contributed by atoms with Gasteiger partial charge in [-0.25, -0.2) is 0 Å². The summed E-state index contributed by atoms with van der Waals surface area (Å²) < 4.78 is 0.841. The zero-order valence-electron chi connectivity index (χ0n) is 12.7. The standard InChI is InChI=1S/C17H22N2O2S/c20-16(11-22-17-3-1-2-4-19(17)21)18-10-14-6-12-5-13(7-14)9-15(18)8-12/h1-4,12-15H,5-11H2/t12-,13+,14?,15?. The number of hydrogen-bond acceptors (Lipinski definition) is 3.